The maximum Gasteiger partial charge on any atom is 0.174 e. The van der Waals surface area contributed by atoms with Gasteiger partial charge in [-0.15, -0.1) is 0 Å². The van der Waals surface area contributed by atoms with Gasteiger partial charge in [-0.3, -0.25) is 4.79 Å². The average Bonchev–Trinajstić information content (AvgIpc) is 2.63. The molecule has 1 heterocycles. The molecule has 3 heteroatoms. The van der Waals surface area contributed by atoms with Crippen molar-refractivity contribution in [2.45, 2.75) is 26.8 Å². The standard InChI is InChI=1S/C19H19NO2.C2H6/c1-14(20(2)12-15-6-4-3-5-7-15)16-8-9-17-10-18(21)13-22-19(17)11-16;1-2/h3-9,11H,1,10,12-13H2,2H3;1-2H3. The minimum absolute atomic E-state index is 0.125. The number of nitrogens with zero attached hydrogens (tertiary/aromatic N) is 1. The molecule has 0 saturated carbocycles. The summed E-state index contributed by atoms with van der Waals surface area (Å²) in [4.78, 5) is 13.5. The van der Waals surface area contributed by atoms with E-state index in [2.05, 4.69) is 23.6 Å². The van der Waals surface area contributed by atoms with Crippen LogP contribution in [0.5, 0.6) is 5.75 Å². The molecule has 0 aromatic heterocycles. The second-order valence-corrected chi connectivity index (χ2v) is 5.61. The fraction of sp³-hybridized carbons (Fsp3) is 0.286. The minimum Gasteiger partial charge on any atom is -0.486 e. The Balaban J connectivity index is 0.00000100. The quantitative estimate of drug-likeness (QED) is 0.839. The summed E-state index contributed by atoms with van der Waals surface area (Å²) in [6.07, 6.45) is 0.460. The summed E-state index contributed by atoms with van der Waals surface area (Å²) in [7, 11) is 2.03. The van der Waals surface area contributed by atoms with Crippen molar-refractivity contribution >= 4 is 11.5 Å². The van der Waals surface area contributed by atoms with Gasteiger partial charge in [-0.2, -0.15) is 0 Å². The topological polar surface area (TPSA) is 29.5 Å². The van der Waals surface area contributed by atoms with Gasteiger partial charge < -0.3 is 9.64 Å². The molecule has 24 heavy (non-hydrogen) atoms. The number of fused-ring (bicyclic) bond motifs is 1. The summed E-state index contributed by atoms with van der Waals surface area (Å²) in [5, 5.41) is 0. The van der Waals surface area contributed by atoms with E-state index in [0.29, 0.717) is 6.42 Å². The zero-order valence-electron chi connectivity index (χ0n) is 14.7. The first-order valence-corrected chi connectivity index (χ1v) is 8.35. The fourth-order valence-electron chi connectivity index (χ4n) is 2.61. The van der Waals surface area contributed by atoms with E-state index >= 15 is 0 Å². The molecular formula is C21H25NO2. The van der Waals surface area contributed by atoms with Gasteiger partial charge >= 0.3 is 0 Å². The van der Waals surface area contributed by atoms with Gasteiger partial charge in [0.25, 0.3) is 0 Å². The fourth-order valence-corrected chi connectivity index (χ4v) is 2.61. The van der Waals surface area contributed by atoms with Crippen LogP contribution < -0.4 is 4.74 Å². The first-order valence-electron chi connectivity index (χ1n) is 8.35. The summed E-state index contributed by atoms with van der Waals surface area (Å²) >= 11 is 0. The predicted molar refractivity (Wildman–Crippen MR) is 98.9 cm³/mol. The Morgan fingerprint density at radius 3 is 2.58 bits per heavy atom. The third-order valence-corrected chi connectivity index (χ3v) is 3.90. The summed E-state index contributed by atoms with van der Waals surface area (Å²) in [6.45, 7) is 9.16. The van der Waals surface area contributed by atoms with Crippen molar-refractivity contribution in [3.8, 4) is 5.75 Å². The molecule has 126 valence electrons. The number of rotatable bonds is 4. The van der Waals surface area contributed by atoms with Crippen molar-refractivity contribution in [2.24, 2.45) is 0 Å². The SMILES string of the molecule is C=C(c1ccc2c(c1)OCC(=O)C2)N(C)Cc1ccccc1.CC. The van der Waals surface area contributed by atoms with Crippen LogP contribution in [0, 0.1) is 0 Å². The Morgan fingerprint density at radius 2 is 1.88 bits per heavy atom. The third kappa shape index (κ3) is 4.25. The molecular weight excluding hydrogens is 298 g/mol. The number of hydrogen-bond donors (Lipinski definition) is 0. The zero-order chi connectivity index (χ0) is 17.5. The first kappa shape index (κ1) is 17.8. The highest BCUT2D eigenvalue weighted by molar-refractivity contribution is 5.85. The Morgan fingerprint density at radius 1 is 1.17 bits per heavy atom. The zero-order valence-corrected chi connectivity index (χ0v) is 14.7. The molecule has 0 N–H and O–H groups in total. The van der Waals surface area contributed by atoms with E-state index in [1.165, 1.54) is 5.56 Å². The molecule has 1 aliphatic rings. The summed E-state index contributed by atoms with van der Waals surface area (Å²) in [5.41, 5.74) is 4.16. The van der Waals surface area contributed by atoms with Gasteiger partial charge in [-0.25, -0.2) is 0 Å². The summed E-state index contributed by atoms with van der Waals surface area (Å²) in [6, 6.07) is 16.2. The molecule has 0 aliphatic carbocycles. The molecule has 3 rings (SSSR count). The van der Waals surface area contributed by atoms with Crippen LogP contribution >= 0.6 is 0 Å². The molecule has 0 radical (unpaired) electrons. The Kier molecular flexibility index (Phi) is 6.19. The number of hydrogen-bond acceptors (Lipinski definition) is 3. The Bertz CT molecular complexity index is 707. The van der Waals surface area contributed by atoms with Crippen LogP contribution in [-0.4, -0.2) is 24.3 Å². The highest BCUT2D eigenvalue weighted by Crippen LogP contribution is 2.28. The van der Waals surface area contributed by atoms with Crippen LogP contribution in [0.25, 0.3) is 5.70 Å². The molecule has 0 amide bonds. The number of Topliss-reactive ketones (excluding diaryl/α,β-unsaturated/α-hetero) is 1. The van der Waals surface area contributed by atoms with Crippen LogP contribution in [0.2, 0.25) is 0 Å². The second kappa shape index (κ2) is 8.34. The molecule has 2 aromatic carbocycles. The van der Waals surface area contributed by atoms with Crippen LogP contribution in [0.4, 0.5) is 0 Å². The highest BCUT2D eigenvalue weighted by Gasteiger charge is 2.18. The number of ketones is 1. The van der Waals surface area contributed by atoms with Crippen molar-refractivity contribution < 1.29 is 9.53 Å². The van der Waals surface area contributed by atoms with Crippen molar-refractivity contribution in [3.05, 3.63) is 71.8 Å². The molecule has 1 aliphatic heterocycles. The van der Waals surface area contributed by atoms with E-state index < -0.39 is 0 Å². The van der Waals surface area contributed by atoms with Crippen molar-refractivity contribution in [1.29, 1.82) is 0 Å². The molecule has 0 fully saturated rings. The molecule has 2 aromatic rings. The van der Waals surface area contributed by atoms with Crippen LogP contribution in [0.1, 0.15) is 30.5 Å². The van der Waals surface area contributed by atoms with Crippen LogP contribution in [-0.2, 0) is 17.8 Å². The van der Waals surface area contributed by atoms with Gasteiger partial charge in [0.05, 0.1) is 0 Å². The lowest BCUT2D eigenvalue weighted by Crippen LogP contribution is -2.21. The number of carbonyl (C=O) groups is 1. The maximum atomic E-state index is 11.4. The number of carbonyl (C=O) groups excluding carboxylic acids is 1. The van der Waals surface area contributed by atoms with Gasteiger partial charge in [-0.05, 0) is 11.6 Å². The van der Waals surface area contributed by atoms with Gasteiger partial charge in [0.1, 0.15) is 12.4 Å². The van der Waals surface area contributed by atoms with E-state index in [1.54, 1.807) is 0 Å². The summed E-state index contributed by atoms with van der Waals surface area (Å²) in [5.74, 6) is 0.923. The smallest absolute Gasteiger partial charge is 0.174 e. The second-order valence-electron chi connectivity index (χ2n) is 5.61. The maximum absolute atomic E-state index is 11.4. The summed E-state index contributed by atoms with van der Waals surface area (Å²) < 4.78 is 5.52. The lowest BCUT2D eigenvalue weighted by Gasteiger charge is -2.24. The third-order valence-electron chi connectivity index (χ3n) is 3.90. The number of benzene rings is 2. The molecule has 0 atom stereocenters. The van der Waals surface area contributed by atoms with Crippen molar-refractivity contribution in [2.75, 3.05) is 13.7 Å². The average molecular weight is 323 g/mol. The van der Waals surface area contributed by atoms with Gasteiger partial charge in [-0.1, -0.05) is 62.9 Å². The van der Waals surface area contributed by atoms with E-state index in [1.807, 2.05) is 57.3 Å². The molecule has 3 nitrogen and oxygen atoms in total. The van der Waals surface area contributed by atoms with Gasteiger partial charge in [0.2, 0.25) is 0 Å². The lowest BCUT2D eigenvalue weighted by atomic mass is 10.0. The largest absolute Gasteiger partial charge is 0.486 e. The predicted octanol–water partition coefficient (Wildman–Crippen LogP) is 4.32. The molecule has 0 spiro atoms. The van der Waals surface area contributed by atoms with E-state index in [4.69, 9.17) is 4.74 Å². The van der Waals surface area contributed by atoms with Gasteiger partial charge in [0.15, 0.2) is 5.78 Å². The van der Waals surface area contributed by atoms with Crippen LogP contribution in [0.15, 0.2) is 55.1 Å². The van der Waals surface area contributed by atoms with Crippen molar-refractivity contribution in [3.63, 3.8) is 0 Å². The first-order chi connectivity index (χ1) is 11.6. The molecule has 0 unspecified atom stereocenters. The van der Waals surface area contributed by atoms with E-state index in [9.17, 15) is 4.79 Å². The van der Waals surface area contributed by atoms with E-state index in [0.717, 1.165) is 29.1 Å². The van der Waals surface area contributed by atoms with Crippen molar-refractivity contribution in [1.82, 2.24) is 4.90 Å². The van der Waals surface area contributed by atoms with Crippen LogP contribution in [0.3, 0.4) is 0 Å². The monoisotopic (exact) mass is 323 g/mol. The molecule has 0 saturated heterocycles. The Labute approximate surface area is 144 Å². The number of ether oxygens (including phenoxy) is 1. The highest BCUT2D eigenvalue weighted by atomic mass is 16.5. The normalized spacial score (nSPS) is 12.4. The van der Waals surface area contributed by atoms with E-state index in [-0.39, 0.29) is 12.4 Å². The lowest BCUT2D eigenvalue weighted by molar-refractivity contribution is -0.121. The molecule has 0 bridgehead atoms. The Hall–Kier alpha value is -2.55. The van der Waals surface area contributed by atoms with Gasteiger partial charge in [0, 0.05) is 36.8 Å². The minimum atomic E-state index is 0.125.